The molecule has 1 N–H and O–H groups in total. The number of nitrogens with one attached hydrogen (secondary N) is 1. The van der Waals surface area contributed by atoms with Gasteiger partial charge < -0.3 is 10.2 Å². The fourth-order valence-corrected chi connectivity index (χ4v) is 6.14. The number of halogens is 1. The van der Waals surface area contributed by atoms with Crippen LogP contribution in [0.3, 0.4) is 0 Å². The summed E-state index contributed by atoms with van der Waals surface area (Å²) in [6, 6.07) is 28.9. The largest absolute Gasteiger partial charge is 0.352 e. The van der Waals surface area contributed by atoms with E-state index in [-0.39, 0.29) is 35.5 Å². The van der Waals surface area contributed by atoms with E-state index in [0.717, 1.165) is 27.1 Å². The van der Waals surface area contributed by atoms with Crippen LogP contribution in [0.15, 0.2) is 114 Å². The molecule has 0 aromatic heterocycles. The zero-order valence-corrected chi connectivity index (χ0v) is 25.3. The van der Waals surface area contributed by atoms with Gasteiger partial charge in [0.1, 0.15) is 18.4 Å². The Morgan fingerprint density at radius 2 is 1.35 bits per heavy atom. The molecule has 0 aliphatic carbocycles. The second-order valence-electron chi connectivity index (χ2n) is 10.7. The van der Waals surface area contributed by atoms with E-state index < -0.39 is 34.3 Å². The highest BCUT2D eigenvalue weighted by Gasteiger charge is 2.35. The second kappa shape index (κ2) is 14.1. The quantitative estimate of drug-likeness (QED) is 0.233. The van der Waals surface area contributed by atoms with E-state index in [1.165, 1.54) is 35.2 Å². The molecule has 0 aliphatic rings. The fraction of sp³-hybridized carbons (Fsp3) is 0.235. The number of sulfonamides is 1. The third-order valence-corrected chi connectivity index (χ3v) is 8.68. The fourth-order valence-electron chi connectivity index (χ4n) is 4.72. The minimum Gasteiger partial charge on any atom is -0.352 e. The van der Waals surface area contributed by atoms with Crippen LogP contribution in [0.2, 0.25) is 0 Å². The van der Waals surface area contributed by atoms with Gasteiger partial charge in [0, 0.05) is 19.0 Å². The first-order valence-corrected chi connectivity index (χ1v) is 15.5. The monoisotopic (exact) mass is 601 g/mol. The number of hydrogen-bond donors (Lipinski definition) is 1. The Labute approximate surface area is 253 Å². The van der Waals surface area contributed by atoms with Crippen LogP contribution in [0, 0.1) is 12.7 Å². The first kappa shape index (κ1) is 31.4. The van der Waals surface area contributed by atoms with Crippen LogP contribution in [-0.2, 0) is 32.6 Å². The Bertz CT molecular complexity index is 1630. The van der Waals surface area contributed by atoms with E-state index in [2.05, 4.69) is 5.32 Å². The number of aryl methyl sites for hydroxylation is 1. The maximum Gasteiger partial charge on any atom is 0.264 e. The maximum absolute atomic E-state index is 15.2. The van der Waals surface area contributed by atoms with Crippen LogP contribution in [0.1, 0.15) is 30.5 Å². The van der Waals surface area contributed by atoms with Crippen molar-refractivity contribution in [3.8, 4) is 0 Å². The van der Waals surface area contributed by atoms with Crippen molar-refractivity contribution in [3.05, 3.63) is 132 Å². The number of nitrogens with zero attached hydrogens (tertiary/aromatic N) is 2. The smallest absolute Gasteiger partial charge is 0.264 e. The topological polar surface area (TPSA) is 86.8 Å². The van der Waals surface area contributed by atoms with Crippen LogP contribution >= 0.6 is 0 Å². The van der Waals surface area contributed by atoms with E-state index in [9.17, 15) is 18.0 Å². The predicted octanol–water partition coefficient (Wildman–Crippen LogP) is 5.49. The molecule has 4 rings (SSSR count). The number of para-hydroxylation sites is 1. The summed E-state index contributed by atoms with van der Waals surface area (Å²) in [5.41, 5.74) is 2.17. The molecule has 0 saturated heterocycles. The van der Waals surface area contributed by atoms with Gasteiger partial charge in [0.15, 0.2) is 0 Å². The molecule has 43 heavy (non-hydrogen) atoms. The van der Waals surface area contributed by atoms with Gasteiger partial charge in [-0.2, -0.15) is 0 Å². The maximum atomic E-state index is 15.2. The molecular formula is C34H36FN3O4S. The first-order valence-electron chi connectivity index (χ1n) is 14.1. The minimum atomic E-state index is -4.37. The van der Waals surface area contributed by atoms with Gasteiger partial charge in [-0.3, -0.25) is 13.9 Å². The molecule has 4 aromatic carbocycles. The van der Waals surface area contributed by atoms with Gasteiger partial charge in [0.05, 0.1) is 10.6 Å². The molecule has 0 radical (unpaired) electrons. The lowest BCUT2D eigenvalue weighted by Crippen LogP contribution is -2.54. The highest BCUT2D eigenvalue weighted by molar-refractivity contribution is 7.92. The highest BCUT2D eigenvalue weighted by Crippen LogP contribution is 2.27. The van der Waals surface area contributed by atoms with Gasteiger partial charge in [-0.25, -0.2) is 12.8 Å². The van der Waals surface area contributed by atoms with E-state index in [4.69, 9.17) is 0 Å². The van der Waals surface area contributed by atoms with Crippen LogP contribution in [0.4, 0.5) is 10.1 Å². The van der Waals surface area contributed by atoms with Crippen molar-refractivity contribution < 1.29 is 22.4 Å². The third-order valence-electron chi connectivity index (χ3n) is 6.91. The SMILES string of the molecule is Cc1ccc(S(=O)(=O)N(CC(=O)N(Cc2ccccc2)[C@H](Cc2ccccc2)C(=O)NC(C)C)c2ccccc2F)cc1. The van der Waals surface area contributed by atoms with Crippen molar-refractivity contribution in [3.63, 3.8) is 0 Å². The molecule has 224 valence electrons. The summed E-state index contributed by atoms with van der Waals surface area (Å²) < 4.78 is 43.9. The lowest BCUT2D eigenvalue weighted by atomic mass is 10.0. The molecule has 0 heterocycles. The van der Waals surface area contributed by atoms with Gasteiger partial charge in [0.25, 0.3) is 10.0 Å². The van der Waals surface area contributed by atoms with Crippen LogP contribution in [-0.4, -0.2) is 43.8 Å². The molecule has 7 nitrogen and oxygen atoms in total. The Kier molecular flexibility index (Phi) is 10.3. The molecular weight excluding hydrogens is 565 g/mol. The van der Waals surface area contributed by atoms with Crippen molar-refractivity contribution in [1.29, 1.82) is 0 Å². The number of carbonyl (C=O) groups is 2. The summed E-state index contributed by atoms with van der Waals surface area (Å²) in [5.74, 6) is -1.82. The van der Waals surface area contributed by atoms with Gasteiger partial charge in [-0.1, -0.05) is 90.5 Å². The summed E-state index contributed by atoms with van der Waals surface area (Å²) >= 11 is 0. The Balaban J connectivity index is 1.80. The van der Waals surface area contributed by atoms with Crippen molar-refractivity contribution in [1.82, 2.24) is 10.2 Å². The number of hydrogen-bond acceptors (Lipinski definition) is 4. The Hall–Kier alpha value is -4.50. The lowest BCUT2D eigenvalue weighted by Gasteiger charge is -2.34. The second-order valence-corrected chi connectivity index (χ2v) is 12.5. The number of benzene rings is 4. The number of carbonyl (C=O) groups excluding carboxylic acids is 2. The molecule has 0 saturated carbocycles. The van der Waals surface area contributed by atoms with Gasteiger partial charge >= 0.3 is 0 Å². The predicted molar refractivity (Wildman–Crippen MR) is 166 cm³/mol. The molecule has 2 amide bonds. The van der Waals surface area contributed by atoms with Crippen molar-refractivity contribution in [2.45, 2.75) is 50.7 Å². The van der Waals surface area contributed by atoms with E-state index in [1.54, 1.807) is 12.1 Å². The standard InChI is InChI=1S/C34H36FN3O4S/c1-25(2)36-34(40)32(22-27-12-6-4-7-13-27)37(23-28-14-8-5-9-15-28)33(39)24-38(31-17-11-10-16-30(31)35)43(41,42)29-20-18-26(3)19-21-29/h4-21,25,32H,22-24H2,1-3H3,(H,36,40)/t32-/m1/s1. The summed E-state index contributed by atoms with van der Waals surface area (Å²) in [5, 5.41) is 2.92. The molecule has 1 atom stereocenters. The zero-order chi connectivity index (χ0) is 31.0. The van der Waals surface area contributed by atoms with E-state index in [1.807, 2.05) is 81.4 Å². The molecule has 9 heteroatoms. The summed E-state index contributed by atoms with van der Waals surface area (Å²) in [6.45, 7) is 4.80. The number of anilines is 1. The average Bonchev–Trinajstić information content (AvgIpc) is 2.99. The van der Waals surface area contributed by atoms with Gasteiger partial charge in [-0.05, 0) is 56.2 Å². The minimum absolute atomic E-state index is 0.0401. The van der Waals surface area contributed by atoms with Crippen LogP contribution in [0.5, 0.6) is 0 Å². The first-order chi connectivity index (χ1) is 20.6. The third kappa shape index (κ3) is 8.08. The number of rotatable bonds is 12. The Morgan fingerprint density at radius 3 is 1.93 bits per heavy atom. The normalized spacial score (nSPS) is 12.0. The molecule has 0 fully saturated rings. The van der Waals surface area contributed by atoms with Crippen molar-refractivity contribution in [2.24, 2.45) is 0 Å². The molecule has 0 bridgehead atoms. The van der Waals surface area contributed by atoms with Gasteiger partial charge in [0.2, 0.25) is 11.8 Å². The number of amides is 2. The van der Waals surface area contributed by atoms with Crippen LogP contribution < -0.4 is 9.62 Å². The Morgan fingerprint density at radius 1 is 0.791 bits per heavy atom. The van der Waals surface area contributed by atoms with Crippen LogP contribution in [0.25, 0.3) is 0 Å². The average molecular weight is 602 g/mol. The van der Waals surface area contributed by atoms with E-state index >= 15 is 4.39 Å². The lowest BCUT2D eigenvalue weighted by molar-refractivity contribution is -0.140. The molecule has 0 spiro atoms. The highest BCUT2D eigenvalue weighted by atomic mass is 32.2. The van der Waals surface area contributed by atoms with Crippen molar-refractivity contribution >= 4 is 27.5 Å². The van der Waals surface area contributed by atoms with Gasteiger partial charge in [-0.15, -0.1) is 0 Å². The van der Waals surface area contributed by atoms with Crippen molar-refractivity contribution in [2.75, 3.05) is 10.8 Å². The molecule has 4 aromatic rings. The molecule has 0 unspecified atom stereocenters. The summed E-state index contributed by atoms with van der Waals surface area (Å²) in [4.78, 5) is 29.3. The zero-order valence-electron chi connectivity index (χ0n) is 24.5. The van der Waals surface area contributed by atoms with E-state index in [0.29, 0.717) is 0 Å². The molecule has 0 aliphatic heterocycles. The summed E-state index contributed by atoms with van der Waals surface area (Å²) in [6.07, 6.45) is 0.197. The summed E-state index contributed by atoms with van der Waals surface area (Å²) in [7, 11) is -4.37.